The molecule has 1 aromatic carbocycles. The van der Waals surface area contributed by atoms with Gasteiger partial charge in [-0.1, -0.05) is 19.9 Å². The third kappa shape index (κ3) is 2.02. The average Bonchev–Trinajstić information content (AvgIpc) is 2.42. The Morgan fingerprint density at radius 3 is 2.70 bits per heavy atom. The van der Waals surface area contributed by atoms with Gasteiger partial charge in [-0.05, 0) is 18.1 Å². The van der Waals surface area contributed by atoms with Crippen LogP contribution in [0.2, 0.25) is 0 Å². The number of ether oxygens (including phenoxy) is 2. The molecule has 2 aliphatic heterocycles. The highest BCUT2D eigenvalue weighted by atomic mass is 16.6. The van der Waals surface area contributed by atoms with E-state index >= 15 is 0 Å². The Bertz CT molecular complexity index is 535. The molecule has 2 aliphatic rings. The normalized spacial score (nSPS) is 19.7. The summed E-state index contributed by atoms with van der Waals surface area (Å²) in [7, 11) is 0. The lowest BCUT2D eigenvalue weighted by Crippen LogP contribution is -2.66. The Balaban J connectivity index is 1.80. The third-order valence-electron chi connectivity index (χ3n) is 4.09. The maximum Gasteiger partial charge on any atom is 0.257 e. The third-order valence-corrected chi connectivity index (χ3v) is 4.09. The summed E-state index contributed by atoms with van der Waals surface area (Å²) in [5.74, 6) is 1.15. The molecule has 1 fully saturated rings. The second-order valence-electron chi connectivity index (χ2n) is 5.75. The molecule has 5 nitrogen and oxygen atoms in total. The van der Waals surface area contributed by atoms with Gasteiger partial charge in [0.25, 0.3) is 5.91 Å². The number of β-amino-alcohol motifs (C(OH)–C–C–N with tert-alkyl or cyclic N) is 1. The van der Waals surface area contributed by atoms with Crippen LogP contribution in [0.3, 0.4) is 0 Å². The summed E-state index contributed by atoms with van der Waals surface area (Å²) < 4.78 is 11.0. The van der Waals surface area contributed by atoms with Crippen molar-refractivity contribution in [1.29, 1.82) is 0 Å². The number of para-hydroxylation sites is 1. The molecule has 108 valence electrons. The molecule has 0 spiro atoms. The van der Waals surface area contributed by atoms with Crippen LogP contribution in [0.25, 0.3) is 0 Å². The van der Waals surface area contributed by atoms with Crippen LogP contribution in [0.15, 0.2) is 18.2 Å². The van der Waals surface area contributed by atoms with E-state index in [4.69, 9.17) is 9.47 Å². The Labute approximate surface area is 118 Å². The van der Waals surface area contributed by atoms with Crippen molar-refractivity contribution in [2.24, 2.45) is 5.92 Å². The Morgan fingerprint density at radius 2 is 2.00 bits per heavy atom. The highest BCUT2D eigenvalue weighted by Crippen LogP contribution is 2.36. The average molecular weight is 277 g/mol. The summed E-state index contributed by atoms with van der Waals surface area (Å²) in [6.07, 6.45) is 0. The second kappa shape index (κ2) is 4.66. The molecule has 1 saturated heterocycles. The van der Waals surface area contributed by atoms with Gasteiger partial charge >= 0.3 is 0 Å². The van der Waals surface area contributed by atoms with E-state index in [1.54, 1.807) is 23.1 Å². The zero-order valence-electron chi connectivity index (χ0n) is 11.8. The van der Waals surface area contributed by atoms with Gasteiger partial charge in [0.05, 0.1) is 18.7 Å². The van der Waals surface area contributed by atoms with Crippen molar-refractivity contribution < 1.29 is 19.4 Å². The number of nitrogens with zero attached hydrogens (tertiary/aromatic N) is 1. The van der Waals surface area contributed by atoms with E-state index in [1.165, 1.54) is 0 Å². The molecule has 1 aromatic rings. The first-order valence-corrected chi connectivity index (χ1v) is 6.91. The number of fused-ring (bicyclic) bond motifs is 1. The fourth-order valence-corrected chi connectivity index (χ4v) is 2.54. The van der Waals surface area contributed by atoms with Crippen LogP contribution in [0.4, 0.5) is 0 Å². The molecule has 0 unspecified atom stereocenters. The zero-order chi connectivity index (χ0) is 14.3. The van der Waals surface area contributed by atoms with Crippen molar-refractivity contribution in [1.82, 2.24) is 4.90 Å². The van der Waals surface area contributed by atoms with Gasteiger partial charge in [-0.2, -0.15) is 0 Å². The van der Waals surface area contributed by atoms with E-state index in [0.29, 0.717) is 43.4 Å². The molecule has 1 N–H and O–H groups in total. The van der Waals surface area contributed by atoms with Crippen LogP contribution < -0.4 is 9.47 Å². The fourth-order valence-electron chi connectivity index (χ4n) is 2.54. The van der Waals surface area contributed by atoms with Crippen LogP contribution in [0.5, 0.6) is 11.5 Å². The number of benzene rings is 1. The van der Waals surface area contributed by atoms with E-state index in [1.807, 2.05) is 13.8 Å². The molecular weight excluding hydrogens is 258 g/mol. The van der Waals surface area contributed by atoms with Crippen molar-refractivity contribution in [3.63, 3.8) is 0 Å². The number of hydrogen-bond donors (Lipinski definition) is 1. The molecule has 2 heterocycles. The second-order valence-corrected chi connectivity index (χ2v) is 5.75. The van der Waals surface area contributed by atoms with Crippen LogP contribution in [0.1, 0.15) is 24.2 Å². The minimum absolute atomic E-state index is 0.113. The van der Waals surface area contributed by atoms with Crippen molar-refractivity contribution in [2.45, 2.75) is 19.4 Å². The summed E-state index contributed by atoms with van der Waals surface area (Å²) >= 11 is 0. The molecule has 0 aromatic heterocycles. The Hall–Kier alpha value is -1.75. The summed E-state index contributed by atoms with van der Waals surface area (Å²) in [5.41, 5.74) is -0.255. The molecular formula is C15H19NO4. The maximum absolute atomic E-state index is 12.5. The van der Waals surface area contributed by atoms with Crippen LogP contribution in [-0.2, 0) is 0 Å². The fraction of sp³-hybridized carbons (Fsp3) is 0.533. The van der Waals surface area contributed by atoms with Gasteiger partial charge in [-0.15, -0.1) is 0 Å². The molecule has 20 heavy (non-hydrogen) atoms. The number of likely N-dealkylation sites (tertiary alicyclic amines) is 1. The monoisotopic (exact) mass is 277 g/mol. The van der Waals surface area contributed by atoms with Crippen LogP contribution in [0, 0.1) is 5.92 Å². The lowest BCUT2D eigenvalue weighted by molar-refractivity contribution is -0.110. The highest BCUT2D eigenvalue weighted by Gasteiger charge is 2.46. The number of amides is 1. The minimum Gasteiger partial charge on any atom is -0.486 e. The zero-order valence-corrected chi connectivity index (χ0v) is 11.8. The molecule has 0 atom stereocenters. The standard InChI is InChI=1S/C15H19NO4/c1-10(2)15(18)8-16(9-15)14(17)11-4-3-5-12-13(11)20-7-6-19-12/h3-5,10,18H,6-9H2,1-2H3. The number of carbonyl (C=O) groups is 1. The summed E-state index contributed by atoms with van der Waals surface area (Å²) in [6.45, 7) is 5.61. The first-order chi connectivity index (χ1) is 9.51. The highest BCUT2D eigenvalue weighted by molar-refractivity contribution is 5.98. The molecule has 3 rings (SSSR count). The van der Waals surface area contributed by atoms with Crippen molar-refractivity contribution in [3.8, 4) is 11.5 Å². The molecule has 0 saturated carbocycles. The summed E-state index contributed by atoms with van der Waals surface area (Å²) in [5, 5.41) is 10.2. The van der Waals surface area contributed by atoms with Crippen molar-refractivity contribution in [3.05, 3.63) is 23.8 Å². The van der Waals surface area contributed by atoms with Gasteiger partial charge in [0.2, 0.25) is 0 Å². The Kier molecular flexibility index (Phi) is 3.09. The predicted octanol–water partition coefficient (Wildman–Crippen LogP) is 1.30. The number of rotatable bonds is 2. The molecule has 1 amide bonds. The predicted molar refractivity (Wildman–Crippen MR) is 73.1 cm³/mol. The van der Waals surface area contributed by atoms with E-state index in [-0.39, 0.29) is 11.8 Å². The first kappa shape index (κ1) is 13.2. The van der Waals surface area contributed by atoms with Crippen molar-refractivity contribution >= 4 is 5.91 Å². The SMILES string of the molecule is CC(C)C1(O)CN(C(=O)c2cccc3c2OCCO3)C1. The lowest BCUT2D eigenvalue weighted by atomic mass is 9.82. The van der Waals surface area contributed by atoms with E-state index in [0.717, 1.165) is 0 Å². The molecule has 0 bridgehead atoms. The number of carbonyl (C=O) groups excluding carboxylic acids is 1. The first-order valence-electron chi connectivity index (χ1n) is 6.91. The summed E-state index contributed by atoms with van der Waals surface area (Å²) in [6, 6.07) is 5.32. The topological polar surface area (TPSA) is 59.0 Å². The molecule has 5 heteroatoms. The number of hydrogen-bond acceptors (Lipinski definition) is 4. The van der Waals surface area contributed by atoms with Gasteiger partial charge < -0.3 is 19.5 Å². The van der Waals surface area contributed by atoms with E-state index < -0.39 is 5.60 Å². The van der Waals surface area contributed by atoms with Crippen molar-refractivity contribution in [2.75, 3.05) is 26.3 Å². The van der Waals surface area contributed by atoms with Gasteiger partial charge in [0.1, 0.15) is 18.8 Å². The van der Waals surface area contributed by atoms with Crippen LogP contribution in [-0.4, -0.2) is 47.8 Å². The van der Waals surface area contributed by atoms with Gasteiger partial charge in [-0.3, -0.25) is 4.79 Å². The number of aliphatic hydroxyl groups is 1. The summed E-state index contributed by atoms with van der Waals surface area (Å²) in [4.78, 5) is 14.1. The largest absolute Gasteiger partial charge is 0.486 e. The van der Waals surface area contributed by atoms with Gasteiger partial charge in [0, 0.05) is 0 Å². The lowest BCUT2D eigenvalue weighted by Gasteiger charge is -2.49. The smallest absolute Gasteiger partial charge is 0.257 e. The quantitative estimate of drug-likeness (QED) is 0.885. The van der Waals surface area contributed by atoms with E-state index in [9.17, 15) is 9.90 Å². The van der Waals surface area contributed by atoms with E-state index in [2.05, 4.69) is 0 Å². The van der Waals surface area contributed by atoms with Crippen LogP contribution >= 0.6 is 0 Å². The maximum atomic E-state index is 12.5. The van der Waals surface area contributed by atoms with Gasteiger partial charge in [-0.25, -0.2) is 0 Å². The Morgan fingerprint density at radius 1 is 1.30 bits per heavy atom. The minimum atomic E-state index is -0.762. The van der Waals surface area contributed by atoms with Gasteiger partial charge in [0.15, 0.2) is 11.5 Å². The molecule has 0 radical (unpaired) electrons. The molecule has 0 aliphatic carbocycles.